The number of rotatable bonds is 29. The number of hydrogen-bond donors (Lipinski definition) is 1. The summed E-state index contributed by atoms with van der Waals surface area (Å²) in [4.78, 5) is 0. The molecule has 0 radical (unpaired) electrons. The van der Waals surface area contributed by atoms with Crippen molar-refractivity contribution in [1.29, 1.82) is 0 Å². The summed E-state index contributed by atoms with van der Waals surface area (Å²) < 4.78 is 49.0. The van der Waals surface area contributed by atoms with E-state index in [0.717, 1.165) is 19.6 Å². The Morgan fingerprint density at radius 3 is 0.829 bits per heavy atom. The summed E-state index contributed by atoms with van der Waals surface area (Å²) in [7, 11) is 1.90. The maximum Gasteiger partial charge on any atom is 0.0701 e. The summed E-state index contributed by atoms with van der Waals surface area (Å²) in [5, 5.41) is 3.02. The molecule has 0 aliphatic carbocycles. The van der Waals surface area contributed by atoms with Crippen molar-refractivity contribution in [2.75, 3.05) is 133 Å². The van der Waals surface area contributed by atoms with Crippen molar-refractivity contribution in [3.05, 3.63) is 0 Å². The average molecular weight is 512 g/mol. The van der Waals surface area contributed by atoms with Crippen LogP contribution in [0.5, 0.6) is 0 Å². The van der Waals surface area contributed by atoms with Gasteiger partial charge in [-0.25, -0.2) is 0 Å². The van der Waals surface area contributed by atoms with Crippen molar-refractivity contribution in [2.45, 2.75) is 27.2 Å². The first-order valence-electron chi connectivity index (χ1n) is 12.9. The highest BCUT2D eigenvalue weighted by atomic mass is 16.6. The molecular formula is C25H53NO9. The molecule has 0 heterocycles. The summed E-state index contributed by atoms with van der Waals surface area (Å²) in [6, 6.07) is 0. The highest BCUT2D eigenvalue weighted by Crippen LogP contribution is 2.17. The Balaban J connectivity index is 3.03. The summed E-state index contributed by atoms with van der Waals surface area (Å²) in [5.41, 5.74) is 0.312. The molecular weight excluding hydrogens is 458 g/mol. The van der Waals surface area contributed by atoms with Crippen molar-refractivity contribution in [1.82, 2.24) is 5.32 Å². The lowest BCUT2D eigenvalue weighted by atomic mass is 9.93. The fourth-order valence-corrected chi connectivity index (χ4v) is 2.41. The lowest BCUT2D eigenvalue weighted by molar-refractivity contribution is -0.0252. The van der Waals surface area contributed by atoms with E-state index in [1.165, 1.54) is 0 Å². The molecule has 0 aromatic carbocycles. The van der Waals surface area contributed by atoms with Crippen LogP contribution in [0.1, 0.15) is 27.2 Å². The van der Waals surface area contributed by atoms with Crippen molar-refractivity contribution in [2.24, 2.45) is 5.41 Å². The van der Waals surface area contributed by atoms with Gasteiger partial charge in [0.1, 0.15) is 0 Å². The zero-order valence-corrected chi connectivity index (χ0v) is 22.8. The third-order valence-electron chi connectivity index (χ3n) is 4.47. The van der Waals surface area contributed by atoms with Gasteiger partial charge in [-0.15, -0.1) is 0 Å². The molecule has 0 spiro atoms. The van der Waals surface area contributed by atoms with Gasteiger partial charge in [0.25, 0.3) is 0 Å². The van der Waals surface area contributed by atoms with Crippen LogP contribution in [0.3, 0.4) is 0 Å². The third kappa shape index (κ3) is 33.6. The highest BCUT2D eigenvalue weighted by molar-refractivity contribution is 4.59. The summed E-state index contributed by atoms with van der Waals surface area (Å²) in [6.07, 6.45) is 1.05. The van der Waals surface area contributed by atoms with E-state index in [-0.39, 0.29) is 0 Å². The van der Waals surface area contributed by atoms with E-state index in [4.69, 9.17) is 42.6 Å². The smallest absolute Gasteiger partial charge is 0.0701 e. The van der Waals surface area contributed by atoms with Gasteiger partial charge in [-0.1, -0.05) is 20.8 Å². The Labute approximate surface area is 213 Å². The van der Waals surface area contributed by atoms with Crippen molar-refractivity contribution < 1.29 is 42.6 Å². The van der Waals surface area contributed by atoms with Crippen molar-refractivity contribution in [3.8, 4) is 0 Å². The van der Waals surface area contributed by atoms with Crippen LogP contribution in [0.15, 0.2) is 0 Å². The Morgan fingerprint density at radius 1 is 0.371 bits per heavy atom. The maximum atomic E-state index is 5.54. The first kappa shape index (κ1) is 34.6. The van der Waals surface area contributed by atoms with Gasteiger partial charge in [0, 0.05) is 13.2 Å². The van der Waals surface area contributed by atoms with Crippen molar-refractivity contribution in [3.63, 3.8) is 0 Å². The van der Waals surface area contributed by atoms with Crippen LogP contribution >= 0.6 is 0 Å². The number of hydrogen-bond acceptors (Lipinski definition) is 10. The third-order valence-corrected chi connectivity index (χ3v) is 4.47. The molecule has 0 fully saturated rings. The van der Waals surface area contributed by atoms with Crippen LogP contribution in [-0.4, -0.2) is 133 Å². The van der Waals surface area contributed by atoms with Crippen LogP contribution in [0, 0.1) is 5.41 Å². The molecule has 0 rings (SSSR count). The van der Waals surface area contributed by atoms with E-state index in [9.17, 15) is 0 Å². The average Bonchev–Trinajstić information content (AvgIpc) is 2.82. The monoisotopic (exact) mass is 511 g/mol. The van der Waals surface area contributed by atoms with Gasteiger partial charge < -0.3 is 47.9 Å². The second-order valence-electron chi connectivity index (χ2n) is 8.93. The normalized spacial score (nSPS) is 12.0. The minimum Gasteiger partial charge on any atom is -0.379 e. The fraction of sp³-hybridized carbons (Fsp3) is 1.00. The summed E-state index contributed by atoms with van der Waals surface area (Å²) >= 11 is 0. The van der Waals surface area contributed by atoms with Crippen LogP contribution in [0.4, 0.5) is 0 Å². The molecule has 212 valence electrons. The van der Waals surface area contributed by atoms with Crippen LogP contribution < -0.4 is 5.32 Å². The Bertz CT molecular complexity index is 398. The molecule has 0 unspecified atom stereocenters. The SMILES string of the molecule is CNCCOCCOCCOCCOCCOCCOCCOCCOCCOCCC(C)(C)C. The van der Waals surface area contributed by atoms with Gasteiger partial charge in [-0.3, -0.25) is 0 Å². The van der Waals surface area contributed by atoms with Gasteiger partial charge in [-0.05, 0) is 18.9 Å². The molecule has 0 aromatic heterocycles. The van der Waals surface area contributed by atoms with Crippen molar-refractivity contribution >= 4 is 0 Å². The first-order chi connectivity index (χ1) is 17.1. The fourth-order valence-electron chi connectivity index (χ4n) is 2.41. The van der Waals surface area contributed by atoms with Gasteiger partial charge in [0.05, 0.1) is 112 Å². The Hall–Kier alpha value is -0.400. The second-order valence-corrected chi connectivity index (χ2v) is 8.93. The van der Waals surface area contributed by atoms with Gasteiger partial charge in [-0.2, -0.15) is 0 Å². The molecule has 35 heavy (non-hydrogen) atoms. The standard InChI is InChI=1S/C25H53NO9/c1-25(2,3)5-7-27-9-11-29-13-15-31-17-19-33-21-23-35-24-22-34-20-18-32-16-14-30-12-10-28-8-6-26-4/h26H,5-24H2,1-4H3. The number of likely N-dealkylation sites (N-methyl/N-ethyl adjacent to an activating group) is 1. The van der Waals surface area contributed by atoms with Crippen LogP contribution in [0.2, 0.25) is 0 Å². The Kier molecular flexibility index (Phi) is 27.9. The van der Waals surface area contributed by atoms with E-state index in [1.807, 2.05) is 7.05 Å². The van der Waals surface area contributed by atoms with Crippen LogP contribution in [0.25, 0.3) is 0 Å². The summed E-state index contributed by atoms with van der Waals surface area (Å²) in [6.45, 7) is 17.9. The molecule has 10 heteroatoms. The number of ether oxygens (including phenoxy) is 9. The predicted molar refractivity (Wildman–Crippen MR) is 135 cm³/mol. The molecule has 0 aromatic rings. The molecule has 10 nitrogen and oxygen atoms in total. The topological polar surface area (TPSA) is 95.1 Å². The predicted octanol–water partition coefficient (Wildman–Crippen LogP) is 1.79. The van der Waals surface area contributed by atoms with E-state index < -0.39 is 0 Å². The quantitative estimate of drug-likeness (QED) is 0.150. The molecule has 0 aliphatic rings. The first-order valence-corrected chi connectivity index (χ1v) is 12.9. The molecule has 1 N–H and O–H groups in total. The zero-order chi connectivity index (χ0) is 25.7. The molecule has 0 atom stereocenters. The minimum atomic E-state index is 0.312. The molecule has 0 saturated carbocycles. The zero-order valence-electron chi connectivity index (χ0n) is 22.8. The van der Waals surface area contributed by atoms with E-state index in [2.05, 4.69) is 26.1 Å². The van der Waals surface area contributed by atoms with E-state index in [0.29, 0.717) is 118 Å². The second kappa shape index (κ2) is 28.2. The van der Waals surface area contributed by atoms with Crippen LogP contribution in [-0.2, 0) is 42.6 Å². The molecule has 0 amide bonds. The van der Waals surface area contributed by atoms with Gasteiger partial charge in [0.2, 0.25) is 0 Å². The molecule has 0 saturated heterocycles. The summed E-state index contributed by atoms with van der Waals surface area (Å²) in [5.74, 6) is 0. The largest absolute Gasteiger partial charge is 0.379 e. The highest BCUT2D eigenvalue weighted by Gasteiger charge is 2.08. The van der Waals surface area contributed by atoms with E-state index in [1.54, 1.807) is 0 Å². The number of nitrogens with one attached hydrogen (secondary N) is 1. The van der Waals surface area contributed by atoms with Gasteiger partial charge in [0.15, 0.2) is 0 Å². The lowest BCUT2D eigenvalue weighted by Gasteiger charge is -2.17. The minimum absolute atomic E-state index is 0.312. The maximum absolute atomic E-state index is 5.54. The molecule has 0 bridgehead atoms. The Morgan fingerprint density at radius 2 is 0.600 bits per heavy atom. The molecule has 0 aliphatic heterocycles. The van der Waals surface area contributed by atoms with E-state index >= 15 is 0 Å². The van der Waals surface area contributed by atoms with Gasteiger partial charge >= 0.3 is 0 Å². The lowest BCUT2D eigenvalue weighted by Crippen LogP contribution is -2.17.